The van der Waals surface area contributed by atoms with Crippen molar-refractivity contribution in [2.45, 2.75) is 32.9 Å². The van der Waals surface area contributed by atoms with E-state index in [9.17, 15) is 9.59 Å². The minimum atomic E-state index is -0.373. The molecule has 33 heavy (non-hydrogen) atoms. The van der Waals surface area contributed by atoms with E-state index in [4.69, 9.17) is 9.47 Å². The summed E-state index contributed by atoms with van der Waals surface area (Å²) in [7, 11) is 0. The van der Waals surface area contributed by atoms with Gasteiger partial charge in [0.1, 0.15) is 10.8 Å². The third kappa shape index (κ3) is 6.00. The van der Waals surface area contributed by atoms with Crippen LogP contribution in [0.1, 0.15) is 39.7 Å². The average molecular weight is 465 g/mol. The molecule has 0 saturated heterocycles. The van der Waals surface area contributed by atoms with Crippen LogP contribution in [-0.4, -0.2) is 36.5 Å². The van der Waals surface area contributed by atoms with Crippen molar-refractivity contribution in [3.05, 3.63) is 82.2 Å². The van der Waals surface area contributed by atoms with Crippen LogP contribution in [0.3, 0.4) is 0 Å². The lowest BCUT2D eigenvalue weighted by Crippen LogP contribution is -2.30. The van der Waals surface area contributed by atoms with Gasteiger partial charge in [-0.15, -0.1) is 11.3 Å². The lowest BCUT2D eigenvalue weighted by Gasteiger charge is -2.27. The van der Waals surface area contributed by atoms with Gasteiger partial charge in [0.25, 0.3) is 0 Å². The summed E-state index contributed by atoms with van der Waals surface area (Å²) in [5.41, 5.74) is 2.77. The standard InChI is InChI=1S/C26H28N2O4S/c1-2-31-26(30)24-21-13-15-28(17-19-9-5-3-6-10-19)18-22(21)33-25(24)27-23(29)14-16-32-20-11-7-4-8-12-20/h3-12H,2,13-18H2,1H3,(H,27,29). The van der Waals surface area contributed by atoms with Crippen molar-refractivity contribution < 1.29 is 19.1 Å². The molecule has 6 nitrogen and oxygen atoms in total. The maximum absolute atomic E-state index is 12.7. The molecule has 0 unspecified atom stereocenters. The van der Waals surface area contributed by atoms with Crippen molar-refractivity contribution in [2.75, 3.05) is 25.1 Å². The Hall–Kier alpha value is -3.16. The van der Waals surface area contributed by atoms with Gasteiger partial charge in [-0.3, -0.25) is 9.69 Å². The first-order valence-electron chi connectivity index (χ1n) is 11.2. The molecule has 7 heteroatoms. The van der Waals surface area contributed by atoms with Gasteiger partial charge < -0.3 is 14.8 Å². The number of carbonyl (C=O) groups is 2. The van der Waals surface area contributed by atoms with Gasteiger partial charge >= 0.3 is 5.97 Å². The molecule has 0 spiro atoms. The van der Waals surface area contributed by atoms with E-state index in [1.165, 1.54) is 16.9 Å². The van der Waals surface area contributed by atoms with Crippen LogP contribution in [0.2, 0.25) is 0 Å². The van der Waals surface area contributed by atoms with Crippen molar-refractivity contribution in [3.8, 4) is 5.75 Å². The summed E-state index contributed by atoms with van der Waals surface area (Å²) in [5, 5.41) is 3.51. The topological polar surface area (TPSA) is 67.9 Å². The molecular formula is C26H28N2O4S. The third-order valence-electron chi connectivity index (χ3n) is 5.46. The van der Waals surface area contributed by atoms with Gasteiger partial charge in [0.05, 0.1) is 25.2 Å². The maximum atomic E-state index is 12.7. The number of ether oxygens (including phenoxy) is 2. The second kappa shape index (κ2) is 11.1. The van der Waals surface area contributed by atoms with Crippen molar-refractivity contribution >= 4 is 28.2 Å². The Morgan fingerprint density at radius 2 is 1.79 bits per heavy atom. The lowest BCUT2D eigenvalue weighted by atomic mass is 10.0. The van der Waals surface area contributed by atoms with Crippen molar-refractivity contribution in [1.29, 1.82) is 0 Å². The van der Waals surface area contributed by atoms with Gasteiger partial charge in [-0.25, -0.2) is 4.79 Å². The van der Waals surface area contributed by atoms with E-state index >= 15 is 0 Å². The fraction of sp³-hybridized carbons (Fsp3) is 0.308. The van der Waals surface area contributed by atoms with Gasteiger partial charge in [0.2, 0.25) is 5.91 Å². The molecular weight excluding hydrogens is 436 g/mol. The number of hydrogen-bond donors (Lipinski definition) is 1. The van der Waals surface area contributed by atoms with E-state index < -0.39 is 0 Å². The van der Waals surface area contributed by atoms with Gasteiger partial charge in [0, 0.05) is 24.5 Å². The molecule has 0 radical (unpaired) electrons. The normalized spacial score (nSPS) is 13.2. The summed E-state index contributed by atoms with van der Waals surface area (Å²) < 4.78 is 10.9. The molecule has 0 saturated carbocycles. The number of nitrogens with zero attached hydrogens (tertiary/aromatic N) is 1. The summed E-state index contributed by atoms with van der Waals surface area (Å²) in [5.74, 6) is 0.168. The van der Waals surface area contributed by atoms with Crippen molar-refractivity contribution in [1.82, 2.24) is 4.90 Å². The molecule has 3 aromatic rings. The van der Waals surface area contributed by atoms with Gasteiger partial charge in [0.15, 0.2) is 0 Å². The van der Waals surface area contributed by atoms with Crippen molar-refractivity contribution in [2.24, 2.45) is 0 Å². The fourth-order valence-corrected chi connectivity index (χ4v) is 5.20. The zero-order valence-electron chi connectivity index (χ0n) is 18.7. The number of rotatable bonds is 9. The molecule has 0 fully saturated rings. The minimum Gasteiger partial charge on any atom is -0.493 e. The first-order valence-corrected chi connectivity index (χ1v) is 12.0. The van der Waals surface area contributed by atoms with Crippen LogP contribution in [0.25, 0.3) is 0 Å². The summed E-state index contributed by atoms with van der Waals surface area (Å²) in [6, 6.07) is 19.7. The highest BCUT2D eigenvalue weighted by Gasteiger charge is 2.29. The highest BCUT2D eigenvalue weighted by Crippen LogP contribution is 2.38. The SMILES string of the molecule is CCOC(=O)c1c(NC(=O)CCOc2ccccc2)sc2c1CCN(Cc1ccccc1)C2. The van der Waals surface area contributed by atoms with Gasteiger partial charge in [-0.1, -0.05) is 48.5 Å². The number of benzene rings is 2. The van der Waals surface area contributed by atoms with Crippen LogP contribution < -0.4 is 10.1 Å². The maximum Gasteiger partial charge on any atom is 0.341 e. The summed E-state index contributed by atoms with van der Waals surface area (Å²) in [4.78, 5) is 28.8. The molecule has 4 rings (SSSR count). The summed E-state index contributed by atoms with van der Waals surface area (Å²) >= 11 is 1.47. The molecule has 1 aliphatic heterocycles. The monoisotopic (exact) mass is 464 g/mol. The number of fused-ring (bicyclic) bond motifs is 1. The Kier molecular flexibility index (Phi) is 7.75. The molecule has 1 N–H and O–H groups in total. The van der Waals surface area contributed by atoms with Gasteiger partial charge in [-0.2, -0.15) is 0 Å². The molecule has 0 atom stereocenters. The third-order valence-corrected chi connectivity index (χ3v) is 6.59. The van der Waals surface area contributed by atoms with Gasteiger partial charge in [-0.05, 0) is 36.6 Å². The number of para-hydroxylation sites is 1. The molecule has 172 valence electrons. The number of thiophene rings is 1. The number of hydrogen-bond acceptors (Lipinski definition) is 6. The molecule has 0 bridgehead atoms. The van der Waals surface area contributed by atoms with E-state index in [-0.39, 0.29) is 24.9 Å². The Labute approximate surface area is 198 Å². The predicted octanol–water partition coefficient (Wildman–Crippen LogP) is 4.89. The summed E-state index contributed by atoms with van der Waals surface area (Å²) in [6.07, 6.45) is 0.944. The van der Waals surface area contributed by atoms with Crippen LogP contribution in [0.4, 0.5) is 5.00 Å². The highest BCUT2D eigenvalue weighted by atomic mass is 32.1. The Morgan fingerprint density at radius 1 is 1.06 bits per heavy atom. The Morgan fingerprint density at radius 3 is 2.52 bits per heavy atom. The fourth-order valence-electron chi connectivity index (χ4n) is 3.91. The Bertz CT molecular complexity index is 1080. The van der Waals surface area contributed by atoms with Crippen molar-refractivity contribution in [3.63, 3.8) is 0 Å². The zero-order valence-corrected chi connectivity index (χ0v) is 19.5. The minimum absolute atomic E-state index is 0.184. The molecule has 2 heterocycles. The molecule has 1 aliphatic rings. The largest absolute Gasteiger partial charge is 0.493 e. The van der Waals surface area contributed by atoms with Crippen LogP contribution in [0.15, 0.2) is 60.7 Å². The molecule has 0 aliphatic carbocycles. The average Bonchev–Trinajstić information content (AvgIpc) is 3.17. The predicted molar refractivity (Wildman–Crippen MR) is 130 cm³/mol. The molecule has 1 amide bonds. The van der Waals surface area contributed by atoms with E-state index in [1.54, 1.807) is 6.92 Å². The second-order valence-electron chi connectivity index (χ2n) is 7.83. The lowest BCUT2D eigenvalue weighted by molar-refractivity contribution is -0.116. The number of amides is 1. The second-order valence-corrected chi connectivity index (χ2v) is 8.94. The van der Waals surface area contributed by atoms with E-state index in [0.717, 1.165) is 42.2 Å². The highest BCUT2D eigenvalue weighted by molar-refractivity contribution is 7.17. The molecule has 2 aromatic carbocycles. The van der Waals surface area contributed by atoms with Crippen LogP contribution >= 0.6 is 11.3 Å². The smallest absolute Gasteiger partial charge is 0.341 e. The first-order chi connectivity index (χ1) is 16.1. The quantitative estimate of drug-likeness (QED) is 0.457. The van der Waals surface area contributed by atoms with Crippen LogP contribution in [0, 0.1) is 0 Å². The summed E-state index contributed by atoms with van der Waals surface area (Å²) in [6.45, 7) is 4.79. The number of esters is 1. The van der Waals surface area contributed by atoms with E-state index in [2.05, 4.69) is 22.3 Å². The van der Waals surface area contributed by atoms with Crippen LogP contribution in [-0.2, 0) is 29.0 Å². The Balaban J connectivity index is 1.44. The number of carbonyl (C=O) groups excluding carboxylic acids is 2. The molecule has 1 aromatic heterocycles. The number of nitrogens with one attached hydrogen (secondary N) is 1. The number of anilines is 1. The zero-order chi connectivity index (χ0) is 23.0. The van der Waals surface area contributed by atoms with Crippen LogP contribution in [0.5, 0.6) is 5.75 Å². The van der Waals surface area contributed by atoms with E-state index in [1.807, 2.05) is 48.5 Å². The first kappa shape index (κ1) is 23.0. The van der Waals surface area contributed by atoms with E-state index in [0.29, 0.717) is 17.2 Å².